The van der Waals surface area contributed by atoms with E-state index >= 15 is 0 Å². The molecule has 2 aromatic carbocycles. The van der Waals surface area contributed by atoms with Gasteiger partial charge in [0.15, 0.2) is 0 Å². The van der Waals surface area contributed by atoms with E-state index in [2.05, 4.69) is 20.7 Å². The molecule has 7 heteroatoms. The topological polar surface area (TPSA) is 88.9 Å². The van der Waals surface area contributed by atoms with Gasteiger partial charge in [-0.2, -0.15) is 10.1 Å². The van der Waals surface area contributed by atoms with Gasteiger partial charge in [-0.05, 0) is 22.9 Å². The van der Waals surface area contributed by atoms with Gasteiger partial charge >= 0.3 is 0 Å². The van der Waals surface area contributed by atoms with Crippen LogP contribution in [0.4, 0.5) is 11.6 Å². The zero-order chi connectivity index (χ0) is 15.8. The number of fused-ring (bicyclic) bond motifs is 2. The Bertz CT molecular complexity index is 917. The Hall–Kier alpha value is -3.22. The van der Waals surface area contributed by atoms with Crippen LogP contribution in [0.25, 0.3) is 10.8 Å². The van der Waals surface area contributed by atoms with Crippen molar-refractivity contribution < 1.29 is 9.59 Å². The quantitative estimate of drug-likeness (QED) is 0.757. The lowest BCUT2D eigenvalue weighted by molar-refractivity contribution is -0.125. The highest BCUT2D eigenvalue weighted by Gasteiger charge is 2.31. The summed E-state index contributed by atoms with van der Waals surface area (Å²) in [5.74, 6) is -0.244. The maximum atomic E-state index is 12.5. The lowest BCUT2D eigenvalue weighted by atomic mass is 10.1. The fourth-order valence-corrected chi connectivity index (χ4v) is 2.70. The maximum absolute atomic E-state index is 12.5. The average Bonchev–Trinajstić information content (AvgIpc) is 3.02. The van der Waals surface area contributed by atoms with Gasteiger partial charge in [-0.3, -0.25) is 14.9 Å². The van der Waals surface area contributed by atoms with Gasteiger partial charge in [0.1, 0.15) is 12.4 Å². The minimum atomic E-state index is -0.701. The van der Waals surface area contributed by atoms with E-state index < -0.39 is 6.04 Å². The Morgan fingerprint density at radius 1 is 1.22 bits per heavy atom. The summed E-state index contributed by atoms with van der Waals surface area (Å²) in [5, 5.41) is 11.6. The largest absolute Gasteiger partial charge is 0.324 e. The smallest absolute Gasteiger partial charge is 0.249 e. The molecule has 0 saturated heterocycles. The lowest BCUT2D eigenvalue weighted by Gasteiger charge is -2.22. The molecule has 1 aliphatic heterocycles. The summed E-state index contributed by atoms with van der Waals surface area (Å²) in [6.07, 6.45) is 1.35. The number of anilines is 2. The molecule has 7 nitrogen and oxygen atoms in total. The molecule has 1 aliphatic rings. The lowest BCUT2D eigenvalue weighted by Crippen LogP contribution is -2.35. The van der Waals surface area contributed by atoms with E-state index in [1.807, 2.05) is 42.5 Å². The van der Waals surface area contributed by atoms with E-state index in [1.54, 1.807) is 0 Å². The van der Waals surface area contributed by atoms with Crippen LogP contribution >= 0.6 is 0 Å². The van der Waals surface area contributed by atoms with Gasteiger partial charge in [0, 0.05) is 5.69 Å². The van der Waals surface area contributed by atoms with E-state index in [9.17, 15) is 9.59 Å². The second-order valence-electron chi connectivity index (χ2n) is 5.35. The molecule has 114 valence electrons. The zero-order valence-corrected chi connectivity index (χ0v) is 12.1. The molecule has 0 unspecified atom stereocenters. The Labute approximate surface area is 131 Å². The summed E-state index contributed by atoms with van der Waals surface area (Å²) in [6.45, 7) is 0. The predicted octanol–water partition coefficient (Wildman–Crippen LogP) is 1.95. The minimum Gasteiger partial charge on any atom is -0.324 e. The van der Waals surface area contributed by atoms with Crippen LogP contribution in [0.5, 0.6) is 0 Å². The van der Waals surface area contributed by atoms with E-state index in [0.717, 1.165) is 10.8 Å². The van der Waals surface area contributed by atoms with Gasteiger partial charge in [-0.1, -0.05) is 30.3 Å². The van der Waals surface area contributed by atoms with Crippen LogP contribution in [0.15, 0.2) is 48.8 Å². The second-order valence-corrected chi connectivity index (χ2v) is 5.35. The molecule has 2 N–H and O–H groups in total. The Morgan fingerprint density at radius 2 is 2.04 bits per heavy atom. The number of rotatable bonds is 2. The summed E-state index contributed by atoms with van der Waals surface area (Å²) >= 11 is 0. The number of hydrogen-bond donors (Lipinski definition) is 2. The number of benzene rings is 2. The van der Waals surface area contributed by atoms with Crippen LogP contribution in [0.2, 0.25) is 0 Å². The summed E-state index contributed by atoms with van der Waals surface area (Å²) in [7, 11) is 0. The number of nitrogens with one attached hydrogen (secondary N) is 2. The van der Waals surface area contributed by atoms with Crippen molar-refractivity contribution in [1.29, 1.82) is 0 Å². The van der Waals surface area contributed by atoms with Gasteiger partial charge in [0.05, 0.1) is 6.42 Å². The Kier molecular flexibility index (Phi) is 3.04. The van der Waals surface area contributed by atoms with Crippen molar-refractivity contribution in [3.05, 3.63) is 48.8 Å². The number of hydrogen-bond acceptors (Lipinski definition) is 4. The SMILES string of the molecule is O=C1C[C@H](C(=O)Nc2ccc3ccccc3c2)n2ncnc2N1. The molecule has 3 aromatic rings. The molecule has 1 atom stereocenters. The first-order chi connectivity index (χ1) is 11.2. The van der Waals surface area contributed by atoms with Crippen molar-refractivity contribution in [1.82, 2.24) is 14.8 Å². The van der Waals surface area contributed by atoms with Crippen molar-refractivity contribution in [2.24, 2.45) is 0 Å². The molecule has 23 heavy (non-hydrogen) atoms. The number of carbonyl (C=O) groups is 2. The molecular formula is C16H13N5O2. The number of aromatic nitrogens is 3. The molecule has 1 aromatic heterocycles. The highest BCUT2D eigenvalue weighted by atomic mass is 16.2. The number of nitrogens with zero attached hydrogens (tertiary/aromatic N) is 3. The van der Waals surface area contributed by atoms with Crippen LogP contribution in [0.1, 0.15) is 12.5 Å². The van der Waals surface area contributed by atoms with Crippen LogP contribution in [-0.2, 0) is 9.59 Å². The molecule has 0 radical (unpaired) electrons. The summed E-state index contributed by atoms with van der Waals surface area (Å²) in [6, 6.07) is 12.9. The fourth-order valence-electron chi connectivity index (χ4n) is 2.70. The summed E-state index contributed by atoms with van der Waals surface area (Å²) < 4.78 is 1.43. The van der Waals surface area contributed by atoms with Crippen LogP contribution < -0.4 is 10.6 Å². The fraction of sp³-hybridized carbons (Fsp3) is 0.125. The molecule has 0 fully saturated rings. The van der Waals surface area contributed by atoms with Gasteiger partial charge in [-0.25, -0.2) is 4.68 Å². The molecule has 0 aliphatic carbocycles. The molecule has 2 amide bonds. The summed E-state index contributed by atoms with van der Waals surface area (Å²) in [4.78, 5) is 28.2. The van der Waals surface area contributed by atoms with Crippen LogP contribution in [0.3, 0.4) is 0 Å². The van der Waals surface area contributed by atoms with Gasteiger partial charge in [0.2, 0.25) is 17.8 Å². The standard InChI is InChI=1S/C16H13N5O2/c22-14-8-13(21-16(20-14)17-9-18-21)15(23)19-12-6-5-10-3-1-2-4-11(10)7-12/h1-7,9,13H,8H2,(H,19,23)(H,17,18,20,22)/t13-/m1/s1. The van der Waals surface area contributed by atoms with Crippen molar-refractivity contribution in [3.8, 4) is 0 Å². The Balaban J connectivity index is 1.61. The highest BCUT2D eigenvalue weighted by molar-refractivity contribution is 6.01. The van der Waals surface area contributed by atoms with Crippen LogP contribution in [0, 0.1) is 0 Å². The number of amides is 2. The van der Waals surface area contributed by atoms with E-state index in [0.29, 0.717) is 11.6 Å². The molecule has 2 heterocycles. The molecular weight excluding hydrogens is 294 g/mol. The maximum Gasteiger partial charge on any atom is 0.249 e. The minimum absolute atomic E-state index is 0.0375. The van der Waals surface area contributed by atoms with Gasteiger partial charge in [-0.15, -0.1) is 0 Å². The molecule has 0 spiro atoms. The van der Waals surface area contributed by atoms with Crippen molar-refractivity contribution in [2.45, 2.75) is 12.5 Å². The second kappa shape index (κ2) is 5.20. The van der Waals surface area contributed by atoms with Crippen molar-refractivity contribution >= 4 is 34.2 Å². The average molecular weight is 307 g/mol. The van der Waals surface area contributed by atoms with E-state index in [4.69, 9.17) is 0 Å². The normalized spacial score (nSPS) is 16.7. The first-order valence-corrected chi connectivity index (χ1v) is 7.20. The molecule has 0 bridgehead atoms. The zero-order valence-electron chi connectivity index (χ0n) is 12.1. The third-order valence-corrected chi connectivity index (χ3v) is 3.82. The van der Waals surface area contributed by atoms with E-state index in [1.165, 1.54) is 11.0 Å². The monoisotopic (exact) mass is 307 g/mol. The third-order valence-electron chi connectivity index (χ3n) is 3.82. The first kappa shape index (κ1) is 13.4. The Morgan fingerprint density at radius 3 is 2.91 bits per heavy atom. The van der Waals surface area contributed by atoms with Crippen LogP contribution in [-0.4, -0.2) is 26.6 Å². The predicted molar refractivity (Wildman–Crippen MR) is 84.9 cm³/mol. The number of carbonyl (C=O) groups excluding carboxylic acids is 2. The van der Waals surface area contributed by atoms with E-state index in [-0.39, 0.29) is 18.2 Å². The molecule has 0 saturated carbocycles. The third kappa shape index (κ3) is 2.42. The summed E-state index contributed by atoms with van der Waals surface area (Å²) in [5.41, 5.74) is 0.682. The van der Waals surface area contributed by atoms with Gasteiger partial charge < -0.3 is 5.32 Å². The molecule has 4 rings (SSSR count). The van der Waals surface area contributed by atoms with Crippen molar-refractivity contribution in [2.75, 3.05) is 10.6 Å². The van der Waals surface area contributed by atoms with Gasteiger partial charge in [0.25, 0.3) is 0 Å². The highest BCUT2D eigenvalue weighted by Crippen LogP contribution is 2.24. The first-order valence-electron chi connectivity index (χ1n) is 7.20. The van der Waals surface area contributed by atoms with Crippen molar-refractivity contribution in [3.63, 3.8) is 0 Å².